The molecule has 0 aromatic carbocycles. The average Bonchev–Trinajstić information content (AvgIpc) is 3.34. The number of unbranched alkanes of at least 4 members (excludes halogenated alkanes) is 16. The molecule has 1 atom stereocenters. The van der Waals surface area contributed by atoms with Crippen molar-refractivity contribution in [2.75, 3.05) is 6.61 Å². The van der Waals surface area contributed by atoms with Crippen molar-refractivity contribution >= 4 is 5.97 Å². The molecule has 32 heavy (non-hydrogen) atoms. The van der Waals surface area contributed by atoms with Gasteiger partial charge in [0.05, 0.1) is 12.5 Å². The van der Waals surface area contributed by atoms with Crippen LogP contribution in [0.4, 0.5) is 0 Å². The second-order valence-corrected chi connectivity index (χ2v) is 10.7. The predicted molar refractivity (Wildman–Crippen MR) is 140 cm³/mol. The first-order valence-corrected chi connectivity index (χ1v) is 14.9. The molecular formula is C30H58O2. The van der Waals surface area contributed by atoms with Crippen LogP contribution in [-0.2, 0) is 9.53 Å². The Kier molecular flexibility index (Phi) is 20.5. The van der Waals surface area contributed by atoms with Crippen LogP contribution in [-0.4, -0.2) is 12.6 Å². The van der Waals surface area contributed by atoms with Gasteiger partial charge in [0, 0.05) is 0 Å². The van der Waals surface area contributed by atoms with E-state index in [1.165, 1.54) is 141 Å². The average molecular weight is 451 g/mol. The van der Waals surface area contributed by atoms with Crippen molar-refractivity contribution in [2.45, 2.75) is 168 Å². The Hall–Kier alpha value is -0.530. The predicted octanol–water partition coefficient (Wildman–Crippen LogP) is 10.2. The van der Waals surface area contributed by atoms with E-state index in [0.717, 1.165) is 12.8 Å². The van der Waals surface area contributed by atoms with Gasteiger partial charge in [-0.05, 0) is 31.6 Å². The van der Waals surface area contributed by atoms with E-state index in [-0.39, 0.29) is 11.9 Å². The first-order chi connectivity index (χ1) is 15.8. The van der Waals surface area contributed by atoms with Crippen LogP contribution < -0.4 is 0 Å². The lowest BCUT2D eigenvalue weighted by atomic mass is 9.94. The Bertz CT molecular complexity index is 400. The molecule has 1 aliphatic rings. The van der Waals surface area contributed by atoms with E-state index in [1.807, 2.05) is 0 Å². The summed E-state index contributed by atoms with van der Waals surface area (Å²) in [5, 5.41) is 0. The van der Waals surface area contributed by atoms with E-state index >= 15 is 0 Å². The van der Waals surface area contributed by atoms with Gasteiger partial charge in [-0.1, -0.05) is 142 Å². The second kappa shape index (κ2) is 22.3. The molecule has 1 fully saturated rings. The molecule has 0 saturated heterocycles. The summed E-state index contributed by atoms with van der Waals surface area (Å²) >= 11 is 0. The summed E-state index contributed by atoms with van der Waals surface area (Å²) < 4.78 is 5.81. The molecular weight excluding hydrogens is 392 g/mol. The monoisotopic (exact) mass is 450 g/mol. The molecule has 1 saturated carbocycles. The minimum atomic E-state index is 0.103. The highest BCUT2D eigenvalue weighted by Crippen LogP contribution is 2.27. The quantitative estimate of drug-likeness (QED) is 0.114. The summed E-state index contributed by atoms with van der Waals surface area (Å²) in [5.41, 5.74) is 0. The van der Waals surface area contributed by atoms with Crippen LogP contribution in [0.1, 0.15) is 168 Å². The number of esters is 1. The largest absolute Gasteiger partial charge is 0.465 e. The molecule has 0 N–H and O–H groups in total. The van der Waals surface area contributed by atoms with E-state index in [2.05, 4.69) is 13.8 Å². The summed E-state index contributed by atoms with van der Waals surface area (Å²) in [7, 11) is 0. The topological polar surface area (TPSA) is 26.3 Å². The van der Waals surface area contributed by atoms with Crippen LogP contribution in [0.2, 0.25) is 0 Å². The molecule has 2 nitrogen and oxygen atoms in total. The van der Waals surface area contributed by atoms with E-state index in [9.17, 15) is 4.79 Å². The Morgan fingerprint density at radius 1 is 0.625 bits per heavy atom. The Balaban J connectivity index is 2.14. The summed E-state index contributed by atoms with van der Waals surface area (Å²) in [6.45, 7) is 5.26. The van der Waals surface area contributed by atoms with Gasteiger partial charge in [-0.25, -0.2) is 0 Å². The van der Waals surface area contributed by atoms with Crippen LogP contribution in [0.25, 0.3) is 0 Å². The van der Waals surface area contributed by atoms with Crippen molar-refractivity contribution in [3.63, 3.8) is 0 Å². The SMILES string of the molecule is CCCCCCCCCCCCC(CCCCCCCCCC)COC(=O)C1CCCC1. The second-order valence-electron chi connectivity index (χ2n) is 10.7. The number of hydrogen-bond acceptors (Lipinski definition) is 2. The molecule has 0 aromatic rings. The van der Waals surface area contributed by atoms with Crippen molar-refractivity contribution in [1.29, 1.82) is 0 Å². The van der Waals surface area contributed by atoms with Crippen LogP contribution in [0.3, 0.4) is 0 Å². The normalized spacial score (nSPS) is 15.3. The Morgan fingerprint density at radius 2 is 1.00 bits per heavy atom. The van der Waals surface area contributed by atoms with Gasteiger partial charge in [-0.2, -0.15) is 0 Å². The van der Waals surface area contributed by atoms with E-state index in [0.29, 0.717) is 12.5 Å². The molecule has 0 spiro atoms. The van der Waals surface area contributed by atoms with Crippen molar-refractivity contribution in [2.24, 2.45) is 11.8 Å². The zero-order valence-electron chi connectivity index (χ0n) is 22.1. The van der Waals surface area contributed by atoms with Gasteiger partial charge >= 0.3 is 5.97 Å². The molecule has 1 unspecified atom stereocenters. The van der Waals surface area contributed by atoms with Crippen LogP contribution in [0.5, 0.6) is 0 Å². The fourth-order valence-corrected chi connectivity index (χ4v) is 5.28. The maximum Gasteiger partial charge on any atom is 0.308 e. The zero-order valence-corrected chi connectivity index (χ0v) is 22.1. The highest BCUT2D eigenvalue weighted by molar-refractivity contribution is 5.72. The molecule has 0 bridgehead atoms. The first kappa shape index (κ1) is 29.5. The van der Waals surface area contributed by atoms with Crippen LogP contribution in [0, 0.1) is 11.8 Å². The third-order valence-corrected chi connectivity index (χ3v) is 7.58. The highest BCUT2D eigenvalue weighted by Gasteiger charge is 2.24. The lowest BCUT2D eigenvalue weighted by molar-refractivity contribution is -0.149. The standard InChI is InChI=1S/C30H58O2/c1-3-5-7-9-11-13-14-16-18-20-24-28(23-19-17-15-12-10-8-6-4-2)27-32-30(31)29-25-21-22-26-29/h28-29H,3-27H2,1-2H3. The molecule has 0 aliphatic heterocycles. The van der Waals surface area contributed by atoms with Crippen molar-refractivity contribution < 1.29 is 9.53 Å². The summed E-state index contributed by atoms with van der Waals surface area (Å²) in [6, 6.07) is 0. The number of carbonyl (C=O) groups excluding carboxylic acids is 1. The molecule has 0 radical (unpaired) electrons. The van der Waals surface area contributed by atoms with Gasteiger partial charge in [-0.3, -0.25) is 4.79 Å². The summed E-state index contributed by atoms with van der Waals surface area (Å²) in [5.74, 6) is 0.900. The minimum absolute atomic E-state index is 0.103. The third kappa shape index (κ3) is 17.0. The molecule has 1 rings (SSSR count). The lowest BCUT2D eigenvalue weighted by Crippen LogP contribution is -2.19. The van der Waals surface area contributed by atoms with Gasteiger partial charge in [0.1, 0.15) is 0 Å². The van der Waals surface area contributed by atoms with Gasteiger partial charge < -0.3 is 4.74 Å². The summed E-state index contributed by atoms with van der Waals surface area (Å²) in [6.07, 6.45) is 32.0. The van der Waals surface area contributed by atoms with Crippen LogP contribution >= 0.6 is 0 Å². The minimum Gasteiger partial charge on any atom is -0.465 e. The Labute approximate surface area is 202 Å². The van der Waals surface area contributed by atoms with Gasteiger partial charge in [0.25, 0.3) is 0 Å². The zero-order chi connectivity index (χ0) is 23.1. The molecule has 0 aromatic heterocycles. The third-order valence-electron chi connectivity index (χ3n) is 7.58. The smallest absolute Gasteiger partial charge is 0.308 e. The fourth-order valence-electron chi connectivity index (χ4n) is 5.28. The van der Waals surface area contributed by atoms with E-state index in [1.54, 1.807) is 0 Å². The van der Waals surface area contributed by atoms with E-state index < -0.39 is 0 Å². The maximum absolute atomic E-state index is 12.4. The molecule has 190 valence electrons. The maximum atomic E-state index is 12.4. The summed E-state index contributed by atoms with van der Waals surface area (Å²) in [4.78, 5) is 12.4. The van der Waals surface area contributed by atoms with Gasteiger partial charge in [0.15, 0.2) is 0 Å². The first-order valence-electron chi connectivity index (χ1n) is 14.9. The van der Waals surface area contributed by atoms with Crippen molar-refractivity contribution in [3.8, 4) is 0 Å². The lowest BCUT2D eigenvalue weighted by Gasteiger charge is -2.18. The number of carbonyl (C=O) groups is 1. The molecule has 1 aliphatic carbocycles. The molecule has 0 heterocycles. The Morgan fingerprint density at radius 3 is 1.41 bits per heavy atom. The number of rotatable bonds is 23. The van der Waals surface area contributed by atoms with Gasteiger partial charge in [-0.15, -0.1) is 0 Å². The fraction of sp³-hybridized carbons (Fsp3) is 0.967. The van der Waals surface area contributed by atoms with Crippen molar-refractivity contribution in [1.82, 2.24) is 0 Å². The van der Waals surface area contributed by atoms with Crippen LogP contribution in [0.15, 0.2) is 0 Å². The van der Waals surface area contributed by atoms with Gasteiger partial charge in [0.2, 0.25) is 0 Å². The number of hydrogen-bond donors (Lipinski definition) is 0. The molecule has 0 amide bonds. The van der Waals surface area contributed by atoms with E-state index in [4.69, 9.17) is 4.74 Å². The molecule has 2 heteroatoms. The highest BCUT2D eigenvalue weighted by atomic mass is 16.5. The number of ether oxygens (including phenoxy) is 1. The van der Waals surface area contributed by atoms with Crippen molar-refractivity contribution in [3.05, 3.63) is 0 Å².